The maximum absolute atomic E-state index is 12.8. The van der Waals surface area contributed by atoms with Crippen LogP contribution in [0.25, 0.3) is 28.1 Å². The van der Waals surface area contributed by atoms with Gasteiger partial charge < -0.3 is 19.7 Å². The minimum atomic E-state index is -0.569. The monoisotopic (exact) mass is 517 g/mol. The smallest absolute Gasteiger partial charge is 0.261 e. The third-order valence-corrected chi connectivity index (χ3v) is 5.94. The number of H-pyrrole nitrogens is 2. The lowest BCUT2D eigenvalue weighted by Crippen LogP contribution is -2.18. The van der Waals surface area contributed by atoms with Crippen molar-refractivity contribution in [2.75, 3.05) is 0 Å². The third-order valence-electron chi connectivity index (χ3n) is 5.45. The van der Waals surface area contributed by atoms with Gasteiger partial charge in [-0.05, 0) is 48.4 Å². The molecule has 1 atom stereocenters. The molecule has 0 spiro atoms. The van der Waals surface area contributed by atoms with E-state index in [0.717, 1.165) is 32.3 Å². The molecule has 0 aliphatic heterocycles. The Morgan fingerprint density at radius 1 is 1.26 bits per heavy atom. The predicted molar refractivity (Wildman–Crippen MR) is 134 cm³/mol. The van der Waals surface area contributed by atoms with E-state index in [0.29, 0.717) is 17.1 Å². The standard InChI is InChI=1S/C24H20BrN7O2/c1-14-9-17(32-8-7-26-13-32)11-19-22(14)30-23(29-19)21-18(5-6-27-24(21)33)28-12-20(31-34)15-3-2-4-16(25)10-15/h2-13,20,31,34H,1H3,(H,27,33)(H,29,30). The summed E-state index contributed by atoms with van der Waals surface area (Å²) in [6, 6.07) is 12.6. The summed E-state index contributed by atoms with van der Waals surface area (Å²) in [6.45, 7) is 1.97. The summed E-state index contributed by atoms with van der Waals surface area (Å²) in [5, 5.41) is 9.67. The highest BCUT2D eigenvalue weighted by Crippen LogP contribution is 2.29. The van der Waals surface area contributed by atoms with Crippen molar-refractivity contribution in [2.24, 2.45) is 4.99 Å². The summed E-state index contributed by atoms with van der Waals surface area (Å²) < 4.78 is 2.78. The summed E-state index contributed by atoms with van der Waals surface area (Å²) >= 11 is 3.43. The van der Waals surface area contributed by atoms with Gasteiger partial charge in [-0.2, -0.15) is 5.48 Å². The first-order valence-corrected chi connectivity index (χ1v) is 11.2. The molecule has 1 unspecified atom stereocenters. The Morgan fingerprint density at radius 2 is 2.15 bits per heavy atom. The average Bonchev–Trinajstić information content (AvgIpc) is 3.50. The van der Waals surface area contributed by atoms with Crippen LogP contribution in [0.1, 0.15) is 17.2 Å². The molecule has 10 heteroatoms. The first-order valence-electron chi connectivity index (χ1n) is 10.4. The number of pyridine rings is 1. The number of hydroxylamine groups is 1. The minimum absolute atomic E-state index is 0.310. The largest absolute Gasteiger partial charge is 0.338 e. The Hall–Kier alpha value is -3.86. The van der Waals surface area contributed by atoms with E-state index in [1.165, 1.54) is 6.20 Å². The first kappa shape index (κ1) is 22.0. The SMILES string of the molecule is Cc1cc(-n2ccnc2)cc2[nH]c(-c3c(N=CC(NO)c4cccc(Br)c4)cc[nH]c3=O)nc12. The maximum Gasteiger partial charge on any atom is 0.261 e. The van der Waals surface area contributed by atoms with Gasteiger partial charge in [0.25, 0.3) is 5.56 Å². The molecule has 4 N–H and O–H groups in total. The van der Waals surface area contributed by atoms with Gasteiger partial charge in [-0.15, -0.1) is 0 Å². The highest BCUT2D eigenvalue weighted by Gasteiger charge is 2.16. The number of fused-ring (bicyclic) bond motifs is 1. The number of rotatable bonds is 6. The van der Waals surface area contributed by atoms with E-state index in [2.05, 4.69) is 41.4 Å². The van der Waals surface area contributed by atoms with E-state index in [9.17, 15) is 10.0 Å². The van der Waals surface area contributed by atoms with Crippen LogP contribution in [0, 0.1) is 6.92 Å². The zero-order chi connectivity index (χ0) is 23.7. The van der Waals surface area contributed by atoms with E-state index in [4.69, 9.17) is 4.98 Å². The number of hydrogen-bond acceptors (Lipinski definition) is 6. The molecule has 0 fully saturated rings. The maximum atomic E-state index is 12.8. The molecule has 0 aliphatic carbocycles. The number of aromatic nitrogens is 5. The highest BCUT2D eigenvalue weighted by atomic mass is 79.9. The summed E-state index contributed by atoms with van der Waals surface area (Å²) in [7, 11) is 0. The van der Waals surface area contributed by atoms with Crippen molar-refractivity contribution in [3.05, 3.63) is 93.3 Å². The molecule has 3 heterocycles. The van der Waals surface area contributed by atoms with Gasteiger partial charge in [0, 0.05) is 35.0 Å². The molecule has 5 rings (SSSR count). The molecule has 9 nitrogen and oxygen atoms in total. The molecule has 170 valence electrons. The molecule has 3 aromatic heterocycles. The Morgan fingerprint density at radius 3 is 2.91 bits per heavy atom. The molecular formula is C24H20BrN7O2. The van der Waals surface area contributed by atoms with Gasteiger partial charge in [-0.1, -0.05) is 28.1 Å². The van der Waals surface area contributed by atoms with Crippen molar-refractivity contribution in [2.45, 2.75) is 13.0 Å². The molecule has 0 bridgehead atoms. The van der Waals surface area contributed by atoms with E-state index < -0.39 is 6.04 Å². The van der Waals surface area contributed by atoms with Crippen LogP contribution >= 0.6 is 15.9 Å². The topological polar surface area (TPSA) is 124 Å². The second-order valence-electron chi connectivity index (χ2n) is 7.72. The fourth-order valence-corrected chi connectivity index (χ4v) is 4.22. The Kier molecular flexibility index (Phi) is 5.93. The minimum Gasteiger partial charge on any atom is -0.338 e. The number of nitrogens with one attached hydrogen (secondary N) is 3. The van der Waals surface area contributed by atoms with Crippen LogP contribution in [0.2, 0.25) is 0 Å². The first-order chi connectivity index (χ1) is 16.5. The molecule has 34 heavy (non-hydrogen) atoms. The van der Waals surface area contributed by atoms with Gasteiger partial charge in [0.05, 0.1) is 29.1 Å². The molecule has 2 aromatic carbocycles. The number of aryl methyl sites for hydroxylation is 1. The van der Waals surface area contributed by atoms with E-state index in [1.54, 1.807) is 24.8 Å². The lowest BCUT2D eigenvalue weighted by Gasteiger charge is -2.11. The van der Waals surface area contributed by atoms with Crippen LogP contribution in [0.3, 0.4) is 0 Å². The van der Waals surface area contributed by atoms with Crippen LogP contribution in [0.4, 0.5) is 5.69 Å². The highest BCUT2D eigenvalue weighted by molar-refractivity contribution is 9.10. The number of hydrogen-bond donors (Lipinski definition) is 4. The lowest BCUT2D eigenvalue weighted by molar-refractivity contribution is 0.152. The normalized spacial score (nSPS) is 12.6. The molecular weight excluding hydrogens is 498 g/mol. The number of aromatic amines is 2. The fourth-order valence-electron chi connectivity index (χ4n) is 3.80. The van der Waals surface area contributed by atoms with Gasteiger partial charge in [-0.25, -0.2) is 9.97 Å². The number of halogens is 1. The molecule has 0 saturated carbocycles. The summed E-state index contributed by atoms with van der Waals surface area (Å²) in [5.74, 6) is 0.408. The van der Waals surface area contributed by atoms with Crippen molar-refractivity contribution in [1.82, 2.24) is 30.0 Å². The van der Waals surface area contributed by atoms with Gasteiger partial charge >= 0.3 is 0 Å². The van der Waals surface area contributed by atoms with Crippen LogP contribution < -0.4 is 11.0 Å². The molecule has 5 aromatic rings. The average molecular weight is 518 g/mol. The van der Waals surface area contributed by atoms with Gasteiger partial charge in [0.15, 0.2) is 0 Å². The molecule has 0 aliphatic rings. The van der Waals surface area contributed by atoms with Crippen molar-refractivity contribution in [3.8, 4) is 17.1 Å². The van der Waals surface area contributed by atoms with E-state index in [-0.39, 0.29) is 5.56 Å². The van der Waals surface area contributed by atoms with Crippen molar-refractivity contribution in [3.63, 3.8) is 0 Å². The molecule has 0 radical (unpaired) electrons. The lowest BCUT2D eigenvalue weighted by atomic mass is 10.1. The third kappa shape index (κ3) is 4.21. The van der Waals surface area contributed by atoms with Crippen LogP contribution in [0.5, 0.6) is 0 Å². The van der Waals surface area contributed by atoms with Gasteiger partial charge in [0.2, 0.25) is 0 Å². The van der Waals surface area contributed by atoms with Crippen LogP contribution in [-0.4, -0.2) is 35.9 Å². The zero-order valence-electron chi connectivity index (χ0n) is 18.0. The summed E-state index contributed by atoms with van der Waals surface area (Å²) in [5.41, 5.74) is 6.91. The Labute approximate surface area is 202 Å². The van der Waals surface area contributed by atoms with Crippen LogP contribution in [-0.2, 0) is 0 Å². The predicted octanol–water partition coefficient (Wildman–Crippen LogP) is 4.60. The summed E-state index contributed by atoms with van der Waals surface area (Å²) in [6.07, 6.45) is 8.39. The number of aliphatic imine (C=N–C) groups is 1. The fraction of sp³-hybridized carbons (Fsp3) is 0.0833. The number of nitrogens with zero attached hydrogens (tertiary/aromatic N) is 4. The van der Waals surface area contributed by atoms with Crippen molar-refractivity contribution >= 4 is 38.9 Å². The van der Waals surface area contributed by atoms with Crippen LogP contribution in [0.15, 0.2) is 81.6 Å². The van der Waals surface area contributed by atoms with Gasteiger partial charge in [0.1, 0.15) is 11.4 Å². The van der Waals surface area contributed by atoms with E-state index in [1.807, 2.05) is 54.1 Å². The summed E-state index contributed by atoms with van der Waals surface area (Å²) in [4.78, 5) is 32.1. The second-order valence-corrected chi connectivity index (χ2v) is 8.64. The van der Waals surface area contributed by atoms with Crippen molar-refractivity contribution in [1.29, 1.82) is 0 Å². The zero-order valence-corrected chi connectivity index (χ0v) is 19.6. The number of benzene rings is 2. The second kappa shape index (κ2) is 9.18. The van der Waals surface area contributed by atoms with E-state index >= 15 is 0 Å². The number of imidazole rings is 2. The van der Waals surface area contributed by atoms with Gasteiger partial charge in [-0.3, -0.25) is 9.79 Å². The molecule has 0 saturated heterocycles. The molecule has 0 amide bonds. The Bertz CT molecular complexity index is 1550. The quantitative estimate of drug-likeness (QED) is 0.193. The Balaban J connectivity index is 1.57. The van der Waals surface area contributed by atoms with Crippen molar-refractivity contribution < 1.29 is 5.21 Å².